The molecule has 1 fully saturated rings. The van der Waals surface area contributed by atoms with Gasteiger partial charge in [0.1, 0.15) is 0 Å². The molecule has 0 N–H and O–H groups in total. The van der Waals surface area contributed by atoms with Gasteiger partial charge in [-0.05, 0) is 73.7 Å². The third kappa shape index (κ3) is 3.25. The molecule has 1 saturated heterocycles. The zero-order chi connectivity index (χ0) is 16.5. The van der Waals surface area contributed by atoms with Crippen molar-refractivity contribution in [2.24, 2.45) is 0 Å². The van der Waals surface area contributed by atoms with Gasteiger partial charge in [-0.15, -0.1) is 11.3 Å². The smallest absolute Gasteiger partial charge is 0.0389 e. The zero-order valence-corrected chi connectivity index (χ0v) is 15.7. The maximum Gasteiger partial charge on any atom is 0.0389 e. The van der Waals surface area contributed by atoms with Crippen LogP contribution in [0.1, 0.15) is 41.3 Å². The number of hydrogen-bond donors (Lipinski definition) is 0. The van der Waals surface area contributed by atoms with E-state index in [9.17, 15) is 0 Å². The van der Waals surface area contributed by atoms with Crippen molar-refractivity contribution in [2.45, 2.75) is 52.1 Å². The molecule has 0 saturated carbocycles. The Morgan fingerprint density at radius 1 is 1.17 bits per heavy atom. The molecule has 2 aliphatic rings. The number of thiophene rings is 1. The average Bonchev–Trinajstić information content (AvgIpc) is 2.98. The molecule has 24 heavy (non-hydrogen) atoms. The lowest BCUT2D eigenvalue weighted by Crippen LogP contribution is -2.51. The van der Waals surface area contributed by atoms with Gasteiger partial charge in [-0.2, -0.15) is 0 Å². The maximum atomic E-state index is 2.66. The molecule has 0 amide bonds. The Hall–Kier alpha value is -1.32. The summed E-state index contributed by atoms with van der Waals surface area (Å²) in [5.74, 6) is 0. The number of fused-ring (bicyclic) bond motifs is 1. The average molecular weight is 341 g/mol. The first kappa shape index (κ1) is 16.2. The van der Waals surface area contributed by atoms with E-state index in [-0.39, 0.29) is 0 Å². The summed E-state index contributed by atoms with van der Waals surface area (Å²) in [6, 6.07) is 9.52. The lowest BCUT2D eigenvalue weighted by molar-refractivity contribution is 0.220. The van der Waals surface area contributed by atoms with Crippen molar-refractivity contribution in [3.63, 3.8) is 0 Å². The molecule has 1 aliphatic carbocycles. The van der Waals surface area contributed by atoms with Gasteiger partial charge in [-0.25, -0.2) is 0 Å². The molecule has 3 heteroatoms. The van der Waals surface area contributed by atoms with Gasteiger partial charge in [0.15, 0.2) is 0 Å². The van der Waals surface area contributed by atoms with Crippen LogP contribution in [0.5, 0.6) is 0 Å². The molecule has 4 rings (SSSR count). The summed E-state index contributed by atoms with van der Waals surface area (Å²) in [6.45, 7) is 9.18. The minimum absolute atomic E-state index is 0.579. The Balaban J connectivity index is 1.42. The molecule has 1 atom stereocenters. The van der Waals surface area contributed by atoms with E-state index in [4.69, 9.17) is 0 Å². The number of rotatable bonds is 3. The monoisotopic (exact) mass is 340 g/mol. The molecule has 0 spiro atoms. The van der Waals surface area contributed by atoms with Crippen molar-refractivity contribution in [1.82, 2.24) is 4.90 Å². The number of hydrogen-bond acceptors (Lipinski definition) is 3. The predicted octanol–water partition coefficient (Wildman–Crippen LogP) is 4.65. The SMILES string of the molecule is Cc1cccc(N2CCN(Cc3csc4c3CCCC4)CC2C)c1. The molecule has 1 aromatic carbocycles. The second-order valence-electron chi connectivity index (χ2n) is 7.49. The first-order valence-corrected chi connectivity index (χ1v) is 10.2. The van der Waals surface area contributed by atoms with Gasteiger partial charge in [0.2, 0.25) is 0 Å². The third-order valence-electron chi connectivity index (χ3n) is 5.59. The van der Waals surface area contributed by atoms with Crippen molar-refractivity contribution >= 4 is 17.0 Å². The molecular formula is C21H28N2S. The van der Waals surface area contributed by atoms with Gasteiger partial charge in [0.05, 0.1) is 0 Å². The van der Waals surface area contributed by atoms with Gasteiger partial charge in [0, 0.05) is 42.8 Å². The zero-order valence-electron chi connectivity index (χ0n) is 14.9. The minimum atomic E-state index is 0.579. The molecule has 2 heterocycles. The fourth-order valence-corrected chi connectivity index (χ4v) is 5.44. The molecular weight excluding hydrogens is 312 g/mol. The number of anilines is 1. The highest BCUT2D eigenvalue weighted by molar-refractivity contribution is 7.10. The highest BCUT2D eigenvalue weighted by Gasteiger charge is 2.25. The summed E-state index contributed by atoms with van der Waals surface area (Å²) in [5, 5.41) is 2.44. The molecule has 1 aromatic heterocycles. The second-order valence-corrected chi connectivity index (χ2v) is 8.45. The summed E-state index contributed by atoms with van der Waals surface area (Å²) >= 11 is 2.00. The lowest BCUT2D eigenvalue weighted by atomic mass is 9.95. The van der Waals surface area contributed by atoms with Crippen molar-refractivity contribution in [2.75, 3.05) is 24.5 Å². The quantitative estimate of drug-likeness (QED) is 0.803. The largest absolute Gasteiger partial charge is 0.366 e. The van der Waals surface area contributed by atoms with Crippen LogP contribution in [0.2, 0.25) is 0 Å². The third-order valence-corrected chi connectivity index (χ3v) is 6.72. The molecule has 1 aliphatic heterocycles. The van der Waals surface area contributed by atoms with Crippen LogP contribution in [0.25, 0.3) is 0 Å². The highest BCUT2D eigenvalue weighted by atomic mass is 32.1. The molecule has 1 unspecified atom stereocenters. The number of benzene rings is 1. The van der Waals surface area contributed by atoms with Crippen molar-refractivity contribution in [3.05, 3.63) is 51.2 Å². The first-order chi connectivity index (χ1) is 11.7. The van der Waals surface area contributed by atoms with Crippen LogP contribution < -0.4 is 4.90 Å². The van der Waals surface area contributed by atoms with Crippen LogP contribution in [0.4, 0.5) is 5.69 Å². The Labute approximate surface area is 150 Å². The number of piperazine rings is 1. The standard InChI is InChI=1S/C21H28N2S/c1-16-6-5-7-19(12-16)23-11-10-22(13-17(23)2)14-18-15-24-21-9-4-3-8-20(18)21/h5-7,12,15,17H,3-4,8-11,13-14H2,1-2H3. The van der Waals surface area contributed by atoms with E-state index in [2.05, 4.69) is 53.3 Å². The molecule has 128 valence electrons. The van der Waals surface area contributed by atoms with E-state index in [1.54, 1.807) is 16.0 Å². The molecule has 2 nitrogen and oxygen atoms in total. The normalized spacial score (nSPS) is 21.8. The molecule has 0 bridgehead atoms. The van der Waals surface area contributed by atoms with E-state index in [1.165, 1.54) is 50.0 Å². The fraction of sp³-hybridized carbons (Fsp3) is 0.524. The summed E-state index contributed by atoms with van der Waals surface area (Å²) in [7, 11) is 0. The van der Waals surface area contributed by atoms with Crippen LogP contribution in [0.15, 0.2) is 29.6 Å². The number of nitrogens with zero attached hydrogens (tertiary/aromatic N) is 2. The van der Waals surface area contributed by atoms with Crippen molar-refractivity contribution in [1.29, 1.82) is 0 Å². The van der Waals surface area contributed by atoms with E-state index in [0.717, 1.165) is 13.1 Å². The van der Waals surface area contributed by atoms with E-state index < -0.39 is 0 Å². The Bertz CT molecular complexity index is 706. The van der Waals surface area contributed by atoms with Gasteiger partial charge in [-0.1, -0.05) is 12.1 Å². The van der Waals surface area contributed by atoms with Crippen LogP contribution >= 0.6 is 11.3 Å². The van der Waals surface area contributed by atoms with Crippen LogP contribution in [-0.2, 0) is 19.4 Å². The Morgan fingerprint density at radius 2 is 2.04 bits per heavy atom. The van der Waals surface area contributed by atoms with Crippen molar-refractivity contribution in [3.8, 4) is 0 Å². The first-order valence-electron chi connectivity index (χ1n) is 9.34. The predicted molar refractivity (Wildman–Crippen MR) is 104 cm³/mol. The summed E-state index contributed by atoms with van der Waals surface area (Å²) in [4.78, 5) is 6.91. The summed E-state index contributed by atoms with van der Waals surface area (Å²) in [5.41, 5.74) is 6.05. The number of aryl methyl sites for hydroxylation is 2. The molecule has 2 aromatic rings. The van der Waals surface area contributed by atoms with Crippen LogP contribution in [0, 0.1) is 6.92 Å². The molecule has 0 radical (unpaired) electrons. The Kier molecular flexibility index (Phi) is 4.64. The van der Waals surface area contributed by atoms with E-state index >= 15 is 0 Å². The van der Waals surface area contributed by atoms with Gasteiger partial charge >= 0.3 is 0 Å². The topological polar surface area (TPSA) is 6.48 Å². The van der Waals surface area contributed by atoms with Gasteiger partial charge in [0.25, 0.3) is 0 Å². The van der Waals surface area contributed by atoms with E-state index in [1.807, 2.05) is 11.3 Å². The fourth-order valence-electron chi connectivity index (χ4n) is 4.30. The highest BCUT2D eigenvalue weighted by Crippen LogP contribution is 2.31. The van der Waals surface area contributed by atoms with Crippen LogP contribution in [-0.4, -0.2) is 30.6 Å². The van der Waals surface area contributed by atoms with Gasteiger partial charge in [-0.3, -0.25) is 4.90 Å². The van der Waals surface area contributed by atoms with E-state index in [0.29, 0.717) is 6.04 Å². The summed E-state index contributed by atoms with van der Waals surface area (Å²) in [6.07, 6.45) is 5.40. The summed E-state index contributed by atoms with van der Waals surface area (Å²) < 4.78 is 0. The lowest BCUT2D eigenvalue weighted by Gasteiger charge is -2.41. The Morgan fingerprint density at radius 3 is 2.88 bits per heavy atom. The van der Waals surface area contributed by atoms with Crippen molar-refractivity contribution < 1.29 is 0 Å². The van der Waals surface area contributed by atoms with Gasteiger partial charge < -0.3 is 4.90 Å². The minimum Gasteiger partial charge on any atom is -0.366 e. The van der Waals surface area contributed by atoms with Crippen LogP contribution in [0.3, 0.4) is 0 Å². The second kappa shape index (κ2) is 6.89. The maximum absolute atomic E-state index is 2.66.